The van der Waals surface area contributed by atoms with Gasteiger partial charge in [-0.2, -0.15) is 0 Å². The van der Waals surface area contributed by atoms with E-state index in [1.165, 1.54) is 12.0 Å². The highest BCUT2D eigenvalue weighted by Gasteiger charge is 2.27. The first-order chi connectivity index (χ1) is 9.83. The zero-order chi connectivity index (χ0) is 13.8. The molecule has 2 atom stereocenters. The summed E-state index contributed by atoms with van der Waals surface area (Å²) < 4.78 is 5.28. The highest BCUT2D eigenvalue weighted by Crippen LogP contribution is 2.28. The first kappa shape index (κ1) is 13.3. The fourth-order valence-electron chi connectivity index (χ4n) is 2.95. The summed E-state index contributed by atoms with van der Waals surface area (Å²) in [5.74, 6) is 0.667. The number of pyridine rings is 1. The molecule has 0 aliphatic carbocycles. The van der Waals surface area contributed by atoms with Gasteiger partial charge in [0.15, 0.2) is 0 Å². The van der Waals surface area contributed by atoms with Crippen LogP contribution < -0.4 is 0 Å². The molecular formula is C16H20N2O2. The number of aromatic nitrogens is 1. The fourth-order valence-corrected chi connectivity index (χ4v) is 2.95. The van der Waals surface area contributed by atoms with Crippen molar-refractivity contribution < 1.29 is 9.52 Å². The minimum Gasteiger partial charge on any atom is -0.467 e. The number of aliphatic hydroxyl groups is 1. The number of nitrogens with zero attached hydrogens (tertiary/aromatic N) is 2. The van der Waals surface area contributed by atoms with Crippen LogP contribution in [0, 0.1) is 0 Å². The molecule has 20 heavy (non-hydrogen) atoms. The Morgan fingerprint density at radius 3 is 2.95 bits per heavy atom. The Labute approximate surface area is 119 Å². The summed E-state index contributed by atoms with van der Waals surface area (Å²) in [6.45, 7) is 2.02. The summed E-state index contributed by atoms with van der Waals surface area (Å²) in [6.07, 6.45) is 7.84. The van der Waals surface area contributed by atoms with Gasteiger partial charge in [-0.15, -0.1) is 0 Å². The van der Waals surface area contributed by atoms with E-state index in [9.17, 15) is 5.11 Å². The second-order valence-electron chi connectivity index (χ2n) is 5.39. The van der Waals surface area contributed by atoms with E-state index in [1.807, 2.05) is 24.5 Å². The molecule has 1 aliphatic rings. The molecule has 0 amide bonds. The maximum atomic E-state index is 10.2. The summed E-state index contributed by atoms with van der Waals surface area (Å²) in [7, 11) is 0. The largest absolute Gasteiger partial charge is 0.467 e. The maximum Gasteiger partial charge on any atom is 0.132 e. The predicted octanol–water partition coefficient (Wildman–Crippen LogP) is 2.76. The van der Waals surface area contributed by atoms with Crippen LogP contribution in [0.15, 0.2) is 47.3 Å². The van der Waals surface area contributed by atoms with Gasteiger partial charge in [0.25, 0.3) is 0 Å². The third kappa shape index (κ3) is 3.08. The lowest BCUT2D eigenvalue weighted by atomic mass is 10.0. The Morgan fingerprint density at radius 2 is 2.20 bits per heavy atom. The number of hydrogen-bond donors (Lipinski definition) is 1. The summed E-state index contributed by atoms with van der Waals surface area (Å²) in [4.78, 5) is 6.50. The van der Waals surface area contributed by atoms with E-state index in [4.69, 9.17) is 4.42 Å². The molecule has 4 heteroatoms. The van der Waals surface area contributed by atoms with Gasteiger partial charge in [-0.25, -0.2) is 0 Å². The third-order valence-electron chi connectivity index (χ3n) is 4.00. The van der Waals surface area contributed by atoms with E-state index in [-0.39, 0.29) is 0 Å². The average molecular weight is 272 g/mol. The fraction of sp³-hybridized carbons (Fsp3) is 0.438. The molecular weight excluding hydrogens is 252 g/mol. The molecule has 0 bridgehead atoms. The SMILES string of the molecule is OC(CC1CCCN1Cc1ccncc1)c1ccco1. The minimum atomic E-state index is -0.506. The van der Waals surface area contributed by atoms with Crippen LogP contribution in [-0.2, 0) is 6.54 Å². The zero-order valence-corrected chi connectivity index (χ0v) is 11.5. The summed E-state index contributed by atoms with van der Waals surface area (Å²) in [5.41, 5.74) is 1.28. The van der Waals surface area contributed by atoms with E-state index in [0.29, 0.717) is 11.8 Å². The Balaban J connectivity index is 1.61. The van der Waals surface area contributed by atoms with Gasteiger partial charge in [0.2, 0.25) is 0 Å². The highest BCUT2D eigenvalue weighted by atomic mass is 16.4. The van der Waals surface area contributed by atoms with Crippen molar-refractivity contribution in [1.29, 1.82) is 0 Å². The quantitative estimate of drug-likeness (QED) is 0.909. The molecule has 3 heterocycles. The van der Waals surface area contributed by atoms with Crippen LogP contribution in [0.1, 0.15) is 36.7 Å². The van der Waals surface area contributed by atoms with Crippen LogP contribution in [0.2, 0.25) is 0 Å². The number of likely N-dealkylation sites (tertiary alicyclic amines) is 1. The van der Waals surface area contributed by atoms with Gasteiger partial charge in [-0.05, 0) is 55.6 Å². The van der Waals surface area contributed by atoms with Gasteiger partial charge < -0.3 is 9.52 Å². The molecule has 0 aromatic carbocycles. The summed E-state index contributed by atoms with van der Waals surface area (Å²) in [6, 6.07) is 8.19. The van der Waals surface area contributed by atoms with Crippen molar-refractivity contribution in [3.8, 4) is 0 Å². The van der Waals surface area contributed by atoms with Crippen LogP contribution in [0.25, 0.3) is 0 Å². The second-order valence-corrected chi connectivity index (χ2v) is 5.39. The van der Waals surface area contributed by atoms with Crippen LogP contribution in [0.4, 0.5) is 0 Å². The summed E-state index contributed by atoms with van der Waals surface area (Å²) >= 11 is 0. The first-order valence-electron chi connectivity index (χ1n) is 7.17. The lowest BCUT2D eigenvalue weighted by molar-refractivity contribution is 0.0995. The molecule has 1 fully saturated rings. The van der Waals surface area contributed by atoms with Crippen molar-refractivity contribution in [2.24, 2.45) is 0 Å². The van der Waals surface area contributed by atoms with Crippen LogP contribution in [0.5, 0.6) is 0 Å². The van der Waals surface area contributed by atoms with Gasteiger partial charge in [0, 0.05) is 25.0 Å². The molecule has 1 N–H and O–H groups in total. The van der Waals surface area contributed by atoms with Gasteiger partial charge in [-0.3, -0.25) is 9.88 Å². The predicted molar refractivity (Wildman–Crippen MR) is 76.0 cm³/mol. The number of furan rings is 1. The lowest BCUT2D eigenvalue weighted by Crippen LogP contribution is -2.30. The van der Waals surface area contributed by atoms with Crippen molar-refractivity contribution in [2.75, 3.05) is 6.54 Å². The van der Waals surface area contributed by atoms with Crippen molar-refractivity contribution in [3.05, 3.63) is 54.2 Å². The highest BCUT2D eigenvalue weighted by molar-refractivity contribution is 5.10. The molecule has 106 valence electrons. The second kappa shape index (κ2) is 6.20. The molecule has 2 aromatic heterocycles. The van der Waals surface area contributed by atoms with Gasteiger partial charge in [0.1, 0.15) is 11.9 Å². The average Bonchev–Trinajstić information content (AvgIpc) is 3.12. The number of rotatable bonds is 5. The van der Waals surface area contributed by atoms with Crippen molar-refractivity contribution in [1.82, 2.24) is 9.88 Å². The van der Waals surface area contributed by atoms with Gasteiger partial charge in [-0.1, -0.05) is 0 Å². The summed E-state index contributed by atoms with van der Waals surface area (Å²) in [5, 5.41) is 10.2. The molecule has 1 aliphatic heterocycles. The van der Waals surface area contributed by atoms with E-state index in [0.717, 1.165) is 25.9 Å². The van der Waals surface area contributed by atoms with Crippen LogP contribution in [0.3, 0.4) is 0 Å². The van der Waals surface area contributed by atoms with E-state index >= 15 is 0 Å². The van der Waals surface area contributed by atoms with Gasteiger partial charge >= 0.3 is 0 Å². The Bertz CT molecular complexity index is 513. The van der Waals surface area contributed by atoms with Crippen molar-refractivity contribution in [3.63, 3.8) is 0 Å². The number of aliphatic hydroxyl groups excluding tert-OH is 1. The monoisotopic (exact) mass is 272 g/mol. The topological polar surface area (TPSA) is 49.5 Å². The van der Waals surface area contributed by atoms with E-state index in [2.05, 4.69) is 22.0 Å². The Hall–Kier alpha value is -1.65. The first-order valence-corrected chi connectivity index (χ1v) is 7.17. The number of hydrogen-bond acceptors (Lipinski definition) is 4. The standard InChI is InChI=1S/C16H20N2O2/c19-15(16-4-2-10-20-16)11-14-3-1-9-18(14)12-13-5-7-17-8-6-13/h2,4-8,10,14-15,19H,1,3,9,11-12H2. The Kier molecular flexibility index (Phi) is 4.14. The van der Waals surface area contributed by atoms with Crippen LogP contribution in [-0.4, -0.2) is 27.6 Å². The smallest absolute Gasteiger partial charge is 0.132 e. The molecule has 0 radical (unpaired) electrons. The zero-order valence-electron chi connectivity index (χ0n) is 11.5. The van der Waals surface area contributed by atoms with Crippen molar-refractivity contribution >= 4 is 0 Å². The van der Waals surface area contributed by atoms with Gasteiger partial charge in [0.05, 0.1) is 6.26 Å². The molecule has 1 saturated heterocycles. The van der Waals surface area contributed by atoms with E-state index < -0.39 is 6.10 Å². The molecule has 0 spiro atoms. The maximum absolute atomic E-state index is 10.2. The lowest BCUT2D eigenvalue weighted by Gasteiger charge is -2.25. The normalized spacial score (nSPS) is 21.1. The molecule has 3 rings (SSSR count). The molecule has 4 nitrogen and oxygen atoms in total. The molecule has 2 unspecified atom stereocenters. The third-order valence-corrected chi connectivity index (χ3v) is 4.00. The van der Waals surface area contributed by atoms with E-state index in [1.54, 1.807) is 6.26 Å². The van der Waals surface area contributed by atoms with Crippen molar-refractivity contribution in [2.45, 2.75) is 38.0 Å². The molecule has 2 aromatic rings. The Morgan fingerprint density at radius 1 is 1.35 bits per heavy atom. The minimum absolute atomic E-state index is 0.420. The van der Waals surface area contributed by atoms with Crippen LogP contribution >= 0.6 is 0 Å². The molecule has 0 saturated carbocycles.